The summed E-state index contributed by atoms with van der Waals surface area (Å²) in [5, 5.41) is 6.73. The molecule has 5 heteroatoms. The van der Waals surface area contributed by atoms with Gasteiger partial charge in [0.2, 0.25) is 5.95 Å². The zero-order valence-electron chi connectivity index (χ0n) is 10.7. The molecule has 0 spiro atoms. The van der Waals surface area contributed by atoms with Crippen molar-refractivity contribution in [3.8, 4) is 11.1 Å². The average Bonchev–Trinajstić information content (AvgIpc) is 2.50. The lowest BCUT2D eigenvalue weighted by Gasteiger charge is -2.23. The summed E-state index contributed by atoms with van der Waals surface area (Å²) in [4.78, 5) is 12.8. The van der Waals surface area contributed by atoms with Gasteiger partial charge in [0.1, 0.15) is 0 Å². The lowest BCUT2D eigenvalue weighted by Crippen LogP contribution is -2.38. The van der Waals surface area contributed by atoms with Crippen LogP contribution < -0.4 is 10.6 Å². The van der Waals surface area contributed by atoms with Crippen molar-refractivity contribution in [2.24, 2.45) is 0 Å². The van der Waals surface area contributed by atoms with Crippen molar-refractivity contribution in [3.05, 3.63) is 36.9 Å². The van der Waals surface area contributed by atoms with Crippen molar-refractivity contribution in [2.75, 3.05) is 18.4 Å². The van der Waals surface area contributed by atoms with E-state index in [9.17, 15) is 0 Å². The summed E-state index contributed by atoms with van der Waals surface area (Å²) >= 11 is 0. The van der Waals surface area contributed by atoms with E-state index in [1.165, 1.54) is 12.8 Å². The van der Waals surface area contributed by atoms with E-state index < -0.39 is 0 Å². The summed E-state index contributed by atoms with van der Waals surface area (Å²) in [6.07, 6.45) is 9.62. The Labute approximate surface area is 112 Å². The number of hydrogen-bond acceptors (Lipinski definition) is 5. The Hall–Kier alpha value is -2.01. The van der Waals surface area contributed by atoms with Crippen LogP contribution in [-0.2, 0) is 0 Å². The molecule has 5 nitrogen and oxygen atoms in total. The summed E-state index contributed by atoms with van der Waals surface area (Å²) < 4.78 is 0. The van der Waals surface area contributed by atoms with Crippen molar-refractivity contribution in [1.29, 1.82) is 0 Å². The van der Waals surface area contributed by atoms with Crippen molar-refractivity contribution >= 4 is 5.95 Å². The topological polar surface area (TPSA) is 62.7 Å². The molecule has 0 aliphatic carbocycles. The highest BCUT2D eigenvalue weighted by molar-refractivity contribution is 5.60. The third-order valence-electron chi connectivity index (χ3n) is 3.28. The molecule has 2 aromatic rings. The molecule has 19 heavy (non-hydrogen) atoms. The van der Waals surface area contributed by atoms with Gasteiger partial charge in [0.25, 0.3) is 0 Å². The van der Waals surface area contributed by atoms with Gasteiger partial charge in [-0.15, -0.1) is 0 Å². The highest BCUT2D eigenvalue weighted by Crippen LogP contribution is 2.16. The van der Waals surface area contributed by atoms with Crippen LogP contribution in [0.15, 0.2) is 36.9 Å². The van der Waals surface area contributed by atoms with Crippen molar-refractivity contribution in [1.82, 2.24) is 20.3 Å². The molecule has 1 atom stereocenters. The molecule has 3 heterocycles. The van der Waals surface area contributed by atoms with Crippen molar-refractivity contribution in [2.45, 2.75) is 18.9 Å². The van der Waals surface area contributed by atoms with E-state index in [4.69, 9.17) is 0 Å². The van der Waals surface area contributed by atoms with Crippen LogP contribution in [0.5, 0.6) is 0 Å². The number of aromatic nitrogens is 3. The van der Waals surface area contributed by atoms with Crippen LogP contribution in [0, 0.1) is 0 Å². The molecule has 1 aliphatic rings. The van der Waals surface area contributed by atoms with Gasteiger partial charge in [-0.05, 0) is 25.5 Å². The Balaban J connectivity index is 1.68. The second kappa shape index (κ2) is 5.75. The van der Waals surface area contributed by atoms with E-state index in [-0.39, 0.29) is 0 Å². The molecule has 0 saturated carbocycles. The third-order valence-corrected chi connectivity index (χ3v) is 3.28. The molecule has 0 bridgehead atoms. The van der Waals surface area contributed by atoms with Gasteiger partial charge >= 0.3 is 0 Å². The summed E-state index contributed by atoms with van der Waals surface area (Å²) in [7, 11) is 0. The molecule has 2 N–H and O–H groups in total. The second-order valence-electron chi connectivity index (χ2n) is 4.72. The molecule has 1 fully saturated rings. The van der Waals surface area contributed by atoms with Gasteiger partial charge in [-0.2, -0.15) is 0 Å². The third kappa shape index (κ3) is 3.06. The van der Waals surface area contributed by atoms with Gasteiger partial charge in [-0.1, -0.05) is 6.07 Å². The van der Waals surface area contributed by atoms with Gasteiger partial charge < -0.3 is 10.6 Å². The highest BCUT2D eigenvalue weighted by atomic mass is 15.1. The molecule has 0 amide bonds. The molecular formula is C14H17N5. The van der Waals surface area contributed by atoms with Crippen LogP contribution in [0.1, 0.15) is 12.8 Å². The second-order valence-corrected chi connectivity index (χ2v) is 4.72. The van der Waals surface area contributed by atoms with E-state index in [2.05, 4.69) is 25.6 Å². The number of nitrogens with one attached hydrogen (secondary N) is 2. The highest BCUT2D eigenvalue weighted by Gasteiger charge is 2.13. The van der Waals surface area contributed by atoms with E-state index in [1.807, 2.05) is 30.7 Å². The number of rotatable bonds is 3. The molecule has 3 rings (SSSR count). The van der Waals surface area contributed by atoms with Gasteiger partial charge in [0, 0.05) is 48.5 Å². The Bertz CT molecular complexity index is 505. The van der Waals surface area contributed by atoms with E-state index in [0.29, 0.717) is 12.0 Å². The van der Waals surface area contributed by atoms with Gasteiger partial charge in [-0.25, -0.2) is 9.97 Å². The smallest absolute Gasteiger partial charge is 0.222 e. The fourth-order valence-electron chi connectivity index (χ4n) is 2.24. The van der Waals surface area contributed by atoms with E-state index in [1.54, 1.807) is 6.20 Å². The van der Waals surface area contributed by atoms with Crippen LogP contribution in [0.25, 0.3) is 11.1 Å². The predicted octanol–water partition coefficient (Wildman–Crippen LogP) is 1.70. The standard InChI is InChI=1S/C14H17N5/c1-3-11(7-15-5-1)12-8-17-14(18-9-12)19-13-4-2-6-16-10-13/h1,3,5,7-9,13,16H,2,4,6,10H2,(H,17,18,19). The van der Waals surface area contributed by atoms with Gasteiger partial charge in [-0.3, -0.25) is 4.98 Å². The average molecular weight is 255 g/mol. The summed E-state index contributed by atoms with van der Waals surface area (Å²) in [5.74, 6) is 0.696. The Morgan fingerprint density at radius 3 is 2.74 bits per heavy atom. The fourth-order valence-corrected chi connectivity index (χ4v) is 2.24. The minimum atomic E-state index is 0.429. The summed E-state index contributed by atoms with van der Waals surface area (Å²) in [6, 6.07) is 4.34. The number of nitrogens with zero attached hydrogens (tertiary/aromatic N) is 3. The molecule has 0 aromatic carbocycles. The molecular weight excluding hydrogens is 238 g/mol. The number of hydrogen-bond donors (Lipinski definition) is 2. The van der Waals surface area contributed by atoms with Crippen LogP contribution in [0.3, 0.4) is 0 Å². The minimum Gasteiger partial charge on any atom is -0.350 e. The number of pyridine rings is 1. The molecule has 2 aromatic heterocycles. The van der Waals surface area contributed by atoms with Crippen molar-refractivity contribution in [3.63, 3.8) is 0 Å². The fraction of sp³-hybridized carbons (Fsp3) is 0.357. The lowest BCUT2D eigenvalue weighted by molar-refractivity contribution is 0.478. The Kier molecular flexibility index (Phi) is 3.65. The van der Waals surface area contributed by atoms with Crippen LogP contribution in [0.2, 0.25) is 0 Å². The maximum Gasteiger partial charge on any atom is 0.222 e. The quantitative estimate of drug-likeness (QED) is 0.874. The molecule has 1 aliphatic heterocycles. The number of piperidine rings is 1. The number of anilines is 1. The first kappa shape index (κ1) is 12.0. The first-order valence-electron chi connectivity index (χ1n) is 6.61. The monoisotopic (exact) mass is 255 g/mol. The van der Waals surface area contributed by atoms with Crippen LogP contribution in [0.4, 0.5) is 5.95 Å². The molecule has 1 saturated heterocycles. The molecule has 0 radical (unpaired) electrons. The van der Waals surface area contributed by atoms with Gasteiger partial charge in [0.15, 0.2) is 0 Å². The molecule has 98 valence electrons. The van der Waals surface area contributed by atoms with Crippen molar-refractivity contribution < 1.29 is 0 Å². The van der Waals surface area contributed by atoms with E-state index in [0.717, 1.165) is 24.2 Å². The van der Waals surface area contributed by atoms with Crippen LogP contribution >= 0.6 is 0 Å². The summed E-state index contributed by atoms with van der Waals surface area (Å²) in [5.41, 5.74) is 2.02. The van der Waals surface area contributed by atoms with Crippen LogP contribution in [-0.4, -0.2) is 34.1 Å². The van der Waals surface area contributed by atoms with Gasteiger partial charge in [0.05, 0.1) is 0 Å². The minimum absolute atomic E-state index is 0.429. The maximum atomic E-state index is 4.37. The maximum absolute atomic E-state index is 4.37. The normalized spacial score (nSPS) is 19.1. The largest absolute Gasteiger partial charge is 0.350 e. The van der Waals surface area contributed by atoms with E-state index >= 15 is 0 Å². The molecule has 1 unspecified atom stereocenters. The predicted molar refractivity (Wildman–Crippen MR) is 74.8 cm³/mol. The zero-order valence-corrected chi connectivity index (χ0v) is 10.7. The SMILES string of the molecule is c1cncc(-c2cnc(NC3CCCNC3)nc2)c1. The Morgan fingerprint density at radius 1 is 1.16 bits per heavy atom. The first-order valence-corrected chi connectivity index (χ1v) is 6.61. The zero-order chi connectivity index (χ0) is 12.9. The lowest BCUT2D eigenvalue weighted by atomic mass is 10.1. The Morgan fingerprint density at radius 2 is 2.05 bits per heavy atom. The first-order chi connectivity index (χ1) is 9.42. The summed E-state index contributed by atoms with van der Waals surface area (Å²) in [6.45, 7) is 2.09.